The Morgan fingerprint density at radius 3 is 1.90 bits per heavy atom. The minimum absolute atomic E-state index is 0.0160. The van der Waals surface area contributed by atoms with E-state index in [2.05, 4.69) is 13.2 Å². The second-order valence-corrected chi connectivity index (χ2v) is 7.76. The van der Waals surface area contributed by atoms with E-state index in [-0.39, 0.29) is 43.5 Å². The molecular weight excluding hydrogens is 512 g/mol. The lowest BCUT2D eigenvalue weighted by Gasteiger charge is -2.09. The van der Waals surface area contributed by atoms with Crippen molar-refractivity contribution in [2.75, 3.05) is 33.0 Å². The number of carbonyl (C=O) groups is 4. The molecule has 2 rings (SSSR count). The molecule has 0 fully saturated rings. The summed E-state index contributed by atoms with van der Waals surface area (Å²) in [6.07, 6.45) is 1.62. The van der Waals surface area contributed by atoms with Crippen molar-refractivity contribution in [3.8, 4) is 17.2 Å². The lowest BCUT2D eigenvalue weighted by atomic mass is 10.2. The van der Waals surface area contributed by atoms with Gasteiger partial charge in [-0.15, -0.1) is 0 Å². The Hall–Kier alpha value is -4.64. The Labute approximate surface area is 225 Å². The Kier molecular flexibility index (Phi) is 13.3. The molecule has 0 atom stereocenters. The van der Waals surface area contributed by atoms with Gasteiger partial charge in [-0.25, -0.2) is 19.2 Å². The number of ether oxygens (including phenoxy) is 6. The molecule has 39 heavy (non-hydrogen) atoms. The van der Waals surface area contributed by atoms with Gasteiger partial charge in [0.1, 0.15) is 17.2 Å². The van der Waals surface area contributed by atoms with Crippen LogP contribution in [0.4, 0.5) is 4.79 Å². The van der Waals surface area contributed by atoms with Gasteiger partial charge in [-0.05, 0) is 61.4 Å². The Balaban J connectivity index is 1.67. The van der Waals surface area contributed by atoms with E-state index < -0.39 is 30.7 Å². The fraction of sp³-hybridized carbons (Fsp3) is 0.286. The van der Waals surface area contributed by atoms with E-state index in [1.165, 1.54) is 24.3 Å². The molecule has 2 aromatic rings. The number of unbranched alkanes of at least 4 members (excludes halogenated alkanes) is 1. The lowest BCUT2D eigenvalue weighted by Crippen LogP contribution is -2.12. The summed E-state index contributed by atoms with van der Waals surface area (Å²) in [6, 6.07) is 12.1. The zero-order valence-electron chi connectivity index (χ0n) is 21.3. The molecule has 11 heteroatoms. The van der Waals surface area contributed by atoms with Gasteiger partial charge in [0.05, 0.1) is 44.2 Å². The average Bonchev–Trinajstić information content (AvgIpc) is 2.95. The van der Waals surface area contributed by atoms with E-state index >= 15 is 0 Å². The Morgan fingerprint density at radius 2 is 1.28 bits per heavy atom. The van der Waals surface area contributed by atoms with Crippen LogP contribution >= 0.6 is 0 Å². The molecule has 2 aromatic carbocycles. The standard InChI is InChI=1S/C28H30O11/c1-3-25(30)35-15-4-5-16-37-28(33)39-24-13-11-23(12-14-24)38-27(32)21-7-9-22(10-8-21)34-17-6-18-36-26(31)20(2)19-29/h3,7-14,29H,1-2,4-6,15-19H2. The van der Waals surface area contributed by atoms with Crippen LogP contribution in [0.5, 0.6) is 17.2 Å². The predicted molar refractivity (Wildman–Crippen MR) is 138 cm³/mol. The third-order valence-corrected chi connectivity index (χ3v) is 4.77. The van der Waals surface area contributed by atoms with Gasteiger partial charge < -0.3 is 33.5 Å². The fourth-order valence-electron chi connectivity index (χ4n) is 2.73. The molecule has 0 saturated heterocycles. The van der Waals surface area contributed by atoms with E-state index in [4.69, 9.17) is 33.5 Å². The molecule has 0 amide bonds. The van der Waals surface area contributed by atoms with Gasteiger partial charge in [0.15, 0.2) is 0 Å². The van der Waals surface area contributed by atoms with Crippen molar-refractivity contribution in [1.29, 1.82) is 0 Å². The Bertz CT molecular complexity index is 1120. The first kappa shape index (κ1) is 30.6. The van der Waals surface area contributed by atoms with Crippen LogP contribution in [0.2, 0.25) is 0 Å². The summed E-state index contributed by atoms with van der Waals surface area (Å²) >= 11 is 0. The molecule has 0 aliphatic rings. The van der Waals surface area contributed by atoms with Crippen molar-refractivity contribution in [3.05, 3.63) is 78.9 Å². The normalized spacial score (nSPS) is 10.1. The topological polar surface area (TPSA) is 144 Å². The third-order valence-electron chi connectivity index (χ3n) is 4.77. The first-order chi connectivity index (χ1) is 18.8. The molecule has 0 aliphatic heterocycles. The van der Waals surface area contributed by atoms with E-state index in [0.29, 0.717) is 30.6 Å². The van der Waals surface area contributed by atoms with Gasteiger partial charge in [0.2, 0.25) is 0 Å². The van der Waals surface area contributed by atoms with Crippen LogP contribution in [0.25, 0.3) is 0 Å². The maximum absolute atomic E-state index is 12.4. The molecule has 11 nitrogen and oxygen atoms in total. The third kappa shape index (κ3) is 12.0. The van der Waals surface area contributed by atoms with Crippen LogP contribution in [0.15, 0.2) is 73.3 Å². The average molecular weight is 543 g/mol. The molecule has 0 spiro atoms. The van der Waals surface area contributed by atoms with Crippen LogP contribution in [0, 0.1) is 0 Å². The quantitative estimate of drug-likeness (QED) is 0.0826. The van der Waals surface area contributed by atoms with Crippen LogP contribution in [-0.4, -0.2) is 62.2 Å². The molecule has 208 valence electrons. The van der Waals surface area contributed by atoms with Crippen molar-refractivity contribution in [2.45, 2.75) is 19.3 Å². The van der Waals surface area contributed by atoms with E-state index in [1.54, 1.807) is 24.3 Å². The summed E-state index contributed by atoms with van der Waals surface area (Å²) in [5.41, 5.74) is 0.277. The zero-order valence-corrected chi connectivity index (χ0v) is 21.3. The summed E-state index contributed by atoms with van der Waals surface area (Å²) < 4.78 is 30.6. The molecule has 0 unspecified atom stereocenters. The minimum Gasteiger partial charge on any atom is -0.493 e. The number of hydrogen-bond donors (Lipinski definition) is 1. The van der Waals surface area contributed by atoms with Crippen molar-refractivity contribution < 1.29 is 52.7 Å². The highest BCUT2D eigenvalue weighted by atomic mass is 16.7. The van der Waals surface area contributed by atoms with Crippen molar-refractivity contribution >= 4 is 24.1 Å². The highest BCUT2D eigenvalue weighted by Crippen LogP contribution is 2.20. The van der Waals surface area contributed by atoms with Gasteiger partial charge in [0.25, 0.3) is 0 Å². The maximum atomic E-state index is 12.4. The van der Waals surface area contributed by atoms with Gasteiger partial charge in [-0.2, -0.15) is 0 Å². The molecule has 0 saturated carbocycles. The van der Waals surface area contributed by atoms with Crippen molar-refractivity contribution in [1.82, 2.24) is 0 Å². The summed E-state index contributed by atoms with van der Waals surface area (Å²) in [4.78, 5) is 46.5. The molecule has 0 bridgehead atoms. The van der Waals surface area contributed by atoms with Crippen LogP contribution < -0.4 is 14.2 Å². The molecule has 0 radical (unpaired) electrons. The Morgan fingerprint density at radius 1 is 0.718 bits per heavy atom. The molecule has 0 aromatic heterocycles. The second kappa shape index (κ2) is 17.0. The van der Waals surface area contributed by atoms with Crippen molar-refractivity contribution in [2.24, 2.45) is 0 Å². The van der Waals surface area contributed by atoms with E-state index in [1.807, 2.05) is 0 Å². The number of esters is 3. The van der Waals surface area contributed by atoms with E-state index in [9.17, 15) is 19.2 Å². The largest absolute Gasteiger partial charge is 0.513 e. The minimum atomic E-state index is -0.890. The summed E-state index contributed by atoms with van der Waals surface area (Å²) in [6.45, 7) is 6.90. The fourth-order valence-corrected chi connectivity index (χ4v) is 2.73. The highest BCUT2D eigenvalue weighted by Gasteiger charge is 2.11. The maximum Gasteiger partial charge on any atom is 0.513 e. The summed E-state index contributed by atoms with van der Waals surface area (Å²) in [7, 11) is 0. The first-order valence-electron chi connectivity index (χ1n) is 12.0. The number of rotatable bonds is 16. The van der Waals surface area contributed by atoms with Crippen LogP contribution in [-0.2, 0) is 23.8 Å². The molecule has 0 aliphatic carbocycles. The van der Waals surface area contributed by atoms with E-state index in [0.717, 1.165) is 6.08 Å². The van der Waals surface area contributed by atoms with Gasteiger partial charge in [-0.3, -0.25) is 0 Å². The van der Waals surface area contributed by atoms with Crippen LogP contribution in [0.1, 0.15) is 29.6 Å². The first-order valence-corrected chi connectivity index (χ1v) is 12.0. The molecular formula is C28H30O11. The summed E-state index contributed by atoms with van der Waals surface area (Å²) in [5.74, 6) is -0.792. The second-order valence-electron chi connectivity index (χ2n) is 7.76. The van der Waals surface area contributed by atoms with Crippen LogP contribution in [0.3, 0.4) is 0 Å². The molecule has 1 N–H and O–H groups in total. The number of aliphatic hydroxyl groups excluding tert-OH is 1. The van der Waals surface area contributed by atoms with Gasteiger partial charge >= 0.3 is 24.1 Å². The zero-order chi connectivity index (χ0) is 28.5. The smallest absolute Gasteiger partial charge is 0.493 e. The predicted octanol–water partition coefficient (Wildman–Crippen LogP) is 3.79. The number of hydrogen-bond acceptors (Lipinski definition) is 11. The monoisotopic (exact) mass is 542 g/mol. The highest BCUT2D eigenvalue weighted by molar-refractivity contribution is 5.91. The number of benzene rings is 2. The summed E-state index contributed by atoms with van der Waals surface area (Å²) in [5, 5.41) is 8.81. The SMILES string of the molecule is C=CC(=O)OCCCCOC(=O)Oc1ccc(OC(=O)c2ccc(OCCCOC(=O)C(=C)CO)cc2)cc1. The van der Waals surface area contributed by atoms with Crippen molar-refractivity contribution in [3.63, 3.8) is 0 Å². The number of aliphatic hydroxyl groups is 1. The lowest BCUT2D eigenvalue weighted by molar-refractivity contribution is -0.140. The molecule has 0 heterocycles. The van der Waals surface area contributed by atoms with Gasteiger partial charge in [-0.1, -0.05) is 13.2 Å². The number of carbonyl (C=O) groups excluding carboxylic acids is 4. The van der Waals surface area contributed by atoms with Gasteiger partial charge in [0, 0.05) is 12.5 Å².